The van der Waals surface area contributed by atoms with Crippen LogP contribution in [0.3, 0.4) is 0 Å². The average molecular weight is 401 g/mol. The predicted molar refractivity (Wildman–Crippen MR) is 120 cm³/mol. The van der Waals surface area contributed by atoms with Crippen molar-refractivity contribution in [3.63, 3.8) is 0 Å². The molecule has 1 aliphatic heterocycles. The molecule has 6 heteroatoms. The summed E-state index contributed by atoms with van der Waals surface area (Å²) in [6.07, 6.45) is 17.1. The Morgan fingerprint density at radius 1 is 1.46 bits per heavy atom. The number of allylic oxidation sites excluding steroid dienone is 5. The van der Waals surface area contributed by atoms with Crippen LogP contribution >= 0.6 is 12.0 Å². The van der Waals surface area contributed by atoms with Crippen LogP contribution in [-0.4, -0.2) is 27.8 Å². The maximum atomic E-state index is 6.00. The van der Waals surface area contributed by atoms with E-state index < -0.39 is 0 Å². The molecule has 2 rings (SSSR count). The first kappa shape index (κ1) is 22.3. The fourth-order valence-corrected chi connectivity index (χ4v) is 3.76. The zero-order valence-electron chi connectivity index (χ0n) is 17.0. The molecule has 28 heavy (non-hydrogen) atoms. The summed E-state index contributed by atoms with van der Waals surface area (Å²) in [5.74, 6) is 7.66. The zero-order chi connectivity index (χ0) is 20.7. The standard InChI is InChI=1S/C22H32N4OS/c1-7-9-13-24-18(4)15-25(19(24)5)17(3)14-20(8-2)22(21-11-10-12-21)16-26(23)27-28-6/h7-9,13-15,21-22H,1-3,5,10-12,16,23H2,4,6H3/b13-9-,20-14+. The van der Waals surface area contributed by atoms with Gasteiger partial charge in [-0.05, 0) is 43.4 Å². The highest BCUT2D eigenvalue weighted by atomic mass is 32.2. The zero-order valence-corrected chi connectivity index (χ0v) is 17.8. The lowest BCUT2D eigenvalue weighted by Crippen LogP contribution is -2.39. The molecule has 5 nitrogen and oxygen atoms in total. The lowest BCUT2D eigenvalue weighted by atomic mass is 9.72. The van der Waals surface area contributed by atoms with Gasteiger partial charge >= 0.3 is 0 Å². The molecule has 1 fully saturated rings. The molecule has 0 aromatic carbocycles. The lowest BCUT2D eigenvalue weighted by Gasteiger charge is -2.36. The van der Waals surface area contributed by atoms with Crippen LogP contribution in [0.5, 0.6) is 0 Å². The molecular weight excluding hydrogens is 368 g/mol. The van der Waals surface area contributed by atoms with E-state index in [4.69, 9.17) is 10.1 Å². The molecule has 0 aromatic heterocycles. The third-order valence-corrected chi connectivity index (χ3v) is 5.54. The molecule has 1 aliphatic carbocycles. The molecule has 0 spiro atoms. The van der Waals surface area contributed by atoms with Crippen LogP contribution < -0.4 is 5.84 Å². The van der Waals surface area contributed by atoms with E-state index in [0.717, 1.165) is 22.8 Å². The maximum Gasteiger partial charge on any atom is 0.114 e. The van der Waals surface area contributed by atoms with E-state index in [1.807, 2.05) is 47.5 Å². The Morgan fingerprint density at radius 3 is 2.71 bits per heavy atom. The van der Waals surface area contributed by atoms with Gasteiger partial charge < -0.3 is 9.80 Å². The number of rotatable bonds is 11. The van der Waals surface area contributed by atoms with Crippen LogP contribution in [-0.2, 0) is 4.28 Å². The summed E-state index contributed by atoms with van der Waals surface area (Å²) in [6, 6.07) is 0. The molecule has 1 heterocycles. The second-order valence-corrected chi connectivity index (χ2v) is 7.46. The normalized spacial score (nSPS) is 19.2. The second-order valence-electron chi connectivity index (χ2n) is 6.98. The van der Waals surface area contributed by atoms with Crippen molar-refractivity contribution < 1.29 is 4.28 Å². The molecule has 0 amide bonds. The van der Waals surface area contributed by atoms with E-state index in [2.05, 4.69) is 32.4 Å². The third kappa shape index (κ3) is 5.29. The first-order valence-electron chi connectivity index (χ1n) is 9.43. The van der Waals surface area contributed by atoms with Crippen molar-refractivity contribution in [2.75, 3.05) is 12.8 Å². The number of nitrogens with zero attached hydrogens (tertiary/aromatic N) is 3. The van der Waals surface area contributed by atoms with Gasteiger partial charge in [0.25, 0.3) is 0 Å². The lowest BCUT2D eigenvalue weighted by molar-refractivity contribution is -0.0573. The van der Waals surface area contributed by atoms with Crippen LogP contribution in [0.15, 0.2) is 85.8 Å². The quantitative estimate of drug-likeness (QED) is 0.226. The Balaban J connectivity index is 2.20. The number of hydrogen-bond donors (Lipinski definition) is 1. The molecule has 1 saturated carbocycles. The first-order valence-corrected chi connectivity index (χ1v) is 10.6. The van der Waals surface area contributed by atoms with E-state index in [1.165, 1.54) is 36.5 Å². The molecule has 2 N–H and O–H groups in total. The minimum Gasteiger partial charge on any atom is -0.306 e. The molecule has 152 valence electrons. The summed E-state index contributed by atoms with van der Waals surface area (Å²) in [4.78, 5) is 3.99. The topological polar surface area (TPSA) is 45.0 Å². The van der Waals surface area contributed by atoms with Gasteiger partial charge in [0.15, 0.2) is 0 Å². The highest BCUT2D eigenvalue weighted by Crippen LogP contribution is 2.39. The van der Waals surface area contributed by atoms with Gasteiger partial charge in [-0.3, -0.25) is 0 Å². The molecule has 0 radical (unpaired) electrons. The van der Waals surface area contributed by atoms with Crippen LogP contribution in [0.1, 0.15) is 26.2 Å². The summed E-state index contributed by atoms with van der Waals surface area (Å²) in [7, 11) is 0. The van der Waals surface area contributed by atoms with E-state index >= 15 is 0 Å². The van der Waals surface area contributed by atoms with Crippen molar-refractivity contribution in [3.8, 4) is 0 Å². The minimum atomic E-state index is 0.248. The third-order valence-electron chi connectivity index (χ3n) is 5.20. The van der Waals surface area contributed by atoms with Gasteiger partial charge in [-0.2, -0.15) is 0 Å². The minimum absolute atomic E-state index is 0.248. The van der Waals surface area contributed by atoms with Crippen molar-refractivity contribution in [1.29, 1.82) is 0 Å². The SMILES string of the molecule is C=C/C=C\N1C(=C)N(C(=C)/C=C(\C=C)C(CN(N)OSC)C2CCC2)C=C1C. The average Bonchev–Trinajstić information content (AvgIpc) is 2.90. The highest BCUT2D eigenvalue weighted by molar-refractivity contribution is 7.93. The van der Waals surface area contributed by atoms with Crippen LogP contribution in [0, 0.1) is 11.8 Å². The molecule has 1 atom stereocenters. The largest absolute Gasteiger partial charge is 0.306 e. The molecular formula is C22H32N4OS. The number of hydrazine groups is 1. The summed E-state index contributed by atoms with van der Waals surface area (Å²) in [6.45, 7) is 18.9. The van der Waals surface area contributed by atoms with Crippen LogP contribution in [0.25, 0.3) is 0 Å². The first-order chi connectivity index (χ1) is 13.4. The maximum absolute atomic E-state index is 6.00. The van der Waals surface area contributed by atoms with Crippen LogP contribution in [0.4, 0.5) is 0 Å². The van der Waals surface area contributed by atoms with Gasteiger partial charge in [0.2, 0.25) is 0 Å². The molecule has 2 aliphatic rings. The number of nitrogens with two attached hydrogens (primary N) is 1. The summed E-state index contributed by atoms with van der Waals surface area (Å²) in [5.41, 5.74) is 3.02. The van der Waals surface area contributed by atoms with Gasteiger partial charge in [-0.25, -0.2) is 10.1 Å². The van der Waals surface area contributed by atoms with Crippen molar-refractivity contribution >= 4 is 12.0 Å². The van der Waals surface area contributed by atoms with Gasteiger partial charge in [0, 0.05) is 54.6 Å². The number of hydrogen-bond acceptors (Lipinski definition) is 6. The Labute approximate surface area is 174 Å². The van der Waals surface area contributed by atoms with E-state index in [0.29, 0.717) is 12.5 Å². The number of hydroxylamine groups is 1. The van der Waals surface area contributed by atoms with E-state index in [9.17, 15) is 0 Å². The Hall–Kier alpha value is -1.99. The monoisotopic (exact) mass is 400 g/mol. The van der Waals surface area contributed by atoms with Gasteiger partial charge in [-0.15, -0.1) is 5.17 Å². The van der Waals surface area contributed by atoms with Gasteiger partial charge in [0.05, 0.1) is 0 Å². The Morgan fingerprint density at radius 2 is 2.18 bits per heavy atom. The Bertz CT molecular complexity index is 705. The van der Waals surface area contributed by atoms with Crippen molar-refractivity contribution in [2.24, 2.45) is 17.7 Å². The van der Waals surface area contributed by atoms with Crippen molar-refractivity contribution in [1.82, 2.24) is 15.0 Å². The van der Waals surface area contributed by atoms with Gasteiger partial charge in [0.1, 0.15) is 5.82 Å². The van der Waals surface area contributed by atoms with Crippen LogP contribution in [0.2, 0.25) is 0 Å². The Kier molecular flexibility index (Phi) is 8.38. The molecule has 0 aromatic rings. The summed E-state index contributed by atoms with van der Waals surface area (Å²) < 4.78 is 5.36. The predicted octanol–water partition coefficient (Wildman–Crippen LogP) is 5.06. The molecule has 0 bridgehead atoms. The van der Waals surface area contributed by atoms with Gasteiger partial charge in [-0.1, -0.05) is 44.9 Å². The fraction of sp³-hybridized carbons (Fsp3) is 0.364. The van der Waals surface area contributed by atoms with E-state index in [1.54, 1.807) is 6.08 Å². The molecule has 0 saturated heterocycles. The highest BCUT2D eigenvalue weighted by Gasteiger charge is 2.31. The summed E-state index contributed by atoms with van der Waals surface area (Å²) in [5, 5.41) is 1.41. The van der Waals surface area contributed by atoms with Crippen molar-refractivity contribution in [3.05, 3.63) is 85.8 Å². The fourth-order valence-electron chi connectivity index (χ4n) is 3.51. The van der Waals surface area contributed by atoms with Crippen molar-refractivity contribution in [2.45, 2.75) is 26.2 Å². The summed E-state index contributed by atoms with van der Waals surface area (Å²) >= 11 is 1.24. The molecule has 1 unspecified atom stereocenters. The van der Waals surface area contributed by atoms with E-state index in [-0.39, 0.29) is 5.92 Å². The second kappa shape index (κ2) is 10.5. The smallest absolute Gasteiger partial charge is 0.114 e.